The number of methoxy groups -OCH3 is 3. The van der Waals surface area contributed by atoms with Crippen molar-refractivity contribution in [3.63, 3.8) is 0 Å². The molecule has 5 rings (SSSR count). The van der Waals surface area contributed by atoms with Crippen LogP contribution in [0.3, 0.4) is 0 Å². The van der Waals surface area contributed by atoms with E-state index in [1.165, 1.54) is 26.2 Å². The van der Waals surface area contributed by atoms with Crippen molar-refractivity contribution in [2.75, 3.05) is 34.5 Å². The summed E-state index contributed by atoms with van der Waals surface area (Å²) in [7, 11) is 4.53. The van der Waals surface area contributed by atoms with Gasteiger partial charge in [0.1, 0.15) is 6.61 Å². The molecule has 1 aromatic heterocycles. The topological polar surface area (TPSA) is 108 Å². The Balaban J connectivity index is 1.53. The van der Waals surface area contributed by atoms with Crippen LogP contribution in [-0.4, -0.2) is 56.2 Å². The van der Waals surface area contributed by atoms with Crippen LogP contribution in [0.1, 0.15) is 27.7 Å². The lowest BCUT2D eigenvalue weighted by molar-refractivity contribution is -0.130. The van der Waals surface area contributed by atoms with Crippen molar-refractivity contribution in [1.29, 1.82) is 0 Å². The summed E-state index contributed by atoms with van der Waals surface area (Å²) in [6.07, 6.45) is 0. The number of hydrogen-bond acceptors (Lipinski definition) is 8. The summed E-state index contributed by atoms with van der Waals surface area (Å²) in [6.45, 7) is 0.677. The number of furan rings is 1. The van der Waals surface area contributed by atoms with Gasteiger partial charge in [-0.05, 0) is 35.4 Å². The molecule has 0 radical (unpaired) electrons. The molecule has 0 saturated heterocycles. The zero-order chi connectivity index (χ0) is 28.2. The number of fused-ring (bicyclic) bond motifs is 1. The highest BCUT2D eigenvalue weighted by Crippen LogP contribution is 2.42. The standard InChI is InChI=1S/C31H29NO8/c1-36-15-14-32-27(20-12-13-22(24(16-20)38-3)39-18-19-8-5-4-6-9-19)26(29(34)31(32)35)28(33)25-17-21-10-7-11-23(37-2)30(21)40-25/h4-13,16-17,27,34H,14-15,18H2,1-3H3. The molecule has 3 aromatic carbocycles. The van der Waals surface area contributed by atoms with Gasteiger partial charge in [-0.15, -0.1) is 0 Å². The number of amides is 1. The van der Waals surface area contributed by atoms with Crippen LogP contribution < -0.4 is 14.2 Å². The van der Waals surface area contributed by atoms with Crippen molar-refractivity contribution in [3.8, 4) is 17.2 Å². The second-order valence-corrected chi connectivity index (χ2v) is 9.16. The van der Waals surface area contributed by atoms with E-state index in [1.807, 2.05) is 30.3 Å². The number of hydrogen-bond donors (Lipinski definition) is 1. The largest absolute Gasteiger partial charge is 0.503 e. The lowest BCUT2D eigenvalue weighted by Gasteiger charge is -2.27. The van der Waals surface area contributed by atoms with Gasteiger partial charge in [0, 0.05) is 19.0 Å². The van der Waals surface area contributed by atoms with Gasteiger partial charge < -0.3 is 33.4 Å². The van der Waals surface area contributed by atoms with Crippen LogP contribution in [0.25, 0.3) is 11.0 Å². The van der Waals surface area contributed by atoms with Crippen molar-refractivity contribution >= 4 is 22.7 Å². The maximum absolute atomic E-state index is 13.8. The third-order valence-electron chi connectivity index (χ3n) is 6.78. The lowest BCUT2D eigenvalue weighted by atomic mass is 9.94. The molecule has 0 bridgehead atoms. The lowest BCUT2D eigenvalue weighted by Crippen LogP contribution is -2.34. The Hall–Kier alpha value is -4.76. The Morgan fingerprint density at radius 2 is 1.70 bits per heavy atom. The fourth-order valence-electron chi connectivity index (χ4n) is 4.80. The Bertz CT molecular complexity index is 1570. The number of rotatable bonds is 11. The molecule has 0 saturated carbocycles. The third-order valence-corrected chi connectivity index (χ3v) is 6.78. The van der Waals surface area contributed by atoms with E-state index in [9.17, 15) is 14.7 Å². The molecule has 1 atom stereocenters. The monoisotopic (exact) mass is 543 g/mol. The van der Waals surface area contributed by atoms with Crippen LogP contribution in [0.4, 0.5) is 0 Å². The molecule has 9 heteroatoms. The van der Waals surface area contributed by atoms with Crippen LogP contribution >= 0.6 is 0 Å². The highest BCUT2D eigenvalue weighted by atomic mass is 16.5. The number of aliphatic hydroxyl groups is 1. The number of benzene rings is 3. The zero-order valence-electron chi connectivity index (χ0n) is 22.4. The average Bonchev–Trinajstić information content (AvgIpc) is 3.54. The minimum absolute atomic E-state index is 0.0257. The molecule has 40 heavy (non-hydrogen) atoms. The van der Waals surface area contributed by atoms with Gasteiger partial charge in [0.15, 0.2) is 34.4 Å². The molecule has 9 nitrogen and oxygen atoms in total. The summed E-state index contributed by atoms with van der Waals surface area (Å²) < 4.78 is 28.0. The van der Waals surface area contributed by atoms with E-state index in [2.05, 4.69) is 0 Å². The second-order valence-electron chi connectivity index (χ2n) is 9.16. The molecule has 0 spiro atoms. The van der Waals surface area contributed by atoms with E-state index in [4.69, 9.17) is 23.4 Å². The first kappa shape index (κ1) is 26.8. The number of aliphatic hydroxyl groups excluding tert-OH is 1. The summed E-state index contributed by atoms with van der Waals surface area (Å²) in [4.78, 5) is 28.4. The summed E-state index contributed by atoms with van der Waals surface area (Å²) in [5.74, 6) is -0.581. The number of carbonyl (C=O) groups is 2. The molecule has 4 aromatic rings. The van der Waals surface area contributed by atoms with Gasteiger partial charge in [0.2, 0.25) is 5.78 Å². The van der Waals surface area contributed by atoms with Gasteiger partial charge in [-0.1, -0.05) is 48.5 Å². The predicted molar refractivity (Wildman–Crippen MR) is 147 cm³/mol. The summed E-state index contributed by atoms with van der Waals surface area (Å²) in [6, 6.07) is 20.8. The molecule has 206 valence electrons. The normalized spacial score (nSPS) is 15.1. The highest BCUT2D eigenvalue weighted by Gasteiger charge is 2.44. The Labute approximate surface area is 231 Å². The Morgan fingerprint density at radius 3 is 2.42 bits per heavy atom. The molecule has 0 fully saturated rings. The number of para-hydroxylation sites is 1. The molecule has 1 N–H and O–H groups in total. The first-order valence-electron chi connectivity index (χ1n) is 12.7. The Kier molecular flexibility index (Phi) is 7.75. The number of Topliss-reactive ketones (excluding diaryl/α,β-unsaturated/α-hetero) is 1. The molecule has 1 aliphatic rings. The maximum atomic E-state index is 13.8. The molecule has 2 heterocycles. The minimum atomic E-state index is -0.915. The van der Waals surface area contributed by atoms with E-state index in [0.29, 0.717) is 40.4 Å². The molecular weight excluding hydrogens is 514 g/mol. The maximum Gasteiger partial charge on any atom is 0.290 e. The highest BCUT2D eigenvalue weighted by molar-refractivity contribution is 6.16. The van der Waals surface area contributed by atoms with E-state index >= 15 is 0 Å². The minimum Gasteiger partial charge on any atom is -0.503 e. The van der Waals surface area contributed by atoms with Crippen LogP contribution in [0.5, 0.6) is 17.2 Å². The number of nitrogens with zero attached hydrogens (tertiary/aromatic N) is 1. The van der Waals surface area contributed by atoms with Crippen molar-refractivity contribution in [2.24, 2.45) is 0 Å². The fourth-order valence-corrected chi connectivity index (χ4v) is 4.80. The predicted octanol–water partition coefficient (Wildman–Crippen LogP) is 5.25. The van der Waals surface area contributed by atoms with Gasteiger partial charge in [0.25, 0.3) is 5.91 Å². The smallest absolute Gasteiger partial charge is 0.290 e. The van der Waals surface area contributed by atoms with Gasteiger partial charge in [0.05, 0.1) is 32.4 Å². The average molecular weight is 544 g/mol. The van der Waals surface area contributed by atoms with Crippen molar-refractivity contribution in [2.45, 2.75) is 12.6 Å². The quantitative estimate of drug-likeness (QED) is 0.256. The molecule has 1 aliphatic heterocycles. The van der Waals surface area contributed by atoms with E-state index < -0.39 is 23.5 Å². The molecule has 1 unspecified atom stereocenters. The van der Waals surface area contributed by atoms with E-state index in [0.717, 1.165) is 5.56 Å². The summed E-state index contributed by atoms with van der Waals surface area (Å²) in [5.41, 5.74) is 1.84. The molecule has 0 aliphatic carbocycles. The Morgan fingerprint density at radius 1 is 0.925 bits per heavy atom. The first-order chi connectivity index (χ1) is 19.5. The number of carbonyl (C=O) groups excluding carboxylic acids is 2. The summed E-state index contributed by atoms with van der Waals surface area (Å²) >= 11 is 0. The second kappa shape index (κ2) is 11.5. The number of ether oxygens (including phenoxy) is 4. The van der Waals surface area contributed by atoms with Crippen LogP contribution in [-0.2, 0) is 16.1 Å². The SMILES string of the molecule is COCCN1C(=O)C(O)=C(C(=O)c2cc3cccc(OC)c3o2)C1c1ccc(OCc2ccccc2)c(OC)c1. The van der Waals surface area contributed by atoms with Gasteiger partial charge >= 0.3 is 0 Å². The van der Waals surface area contributed by atoms with E-state index in [-0.39, 0.29) is 24.5 Å². The van der Waals surface area contributed by atoms with Gasteiger partial charge in [-0.2, -0.15) is 0 Å². The van der Waals surface area contributed by atoms with Gasteiger partial charge in [-0.25, -0.2) is 0 Å². The van der Waals surface area contributed by atoms with Crippen molar-refractivity contribution < 1.29 is 38.1 Å². The number of ketones is 1. The fraction of sp³-hybridized carbons (Fsp3) is 0.226. The zero-order valence-corrected chi connectivity index (χ0v) is 22.4. The third kappa shape index (κ3) is 4.99. The molecular formula is C31H29NO8. The van der Waals surface area contributed by atoms with Crippen molar-refractivity contribution in [1.82, 2.24) is 4.90 Å². The van der Waals surface area contributed by atoms with Crippen LogP contribution in [0, 0.1) is 0 Å². The summed E-state index contributed by atoms with van der Waals surface area (Å²) in [5, 5.41) is 11.6. The van der Waals surface area contributed by atoms with Gasteiger partial charge in [-0.3, -0.25) is 9.59 Å². The van der Waals surface area contributed by atoms with E-state index in [1.54, 1.807) is 42.5 Å². The van der Waals surface area contributed by atoms with Crippen LogP contribution in [0.2, 0.25) is 0 Å². The molecule has 1 amide bonds. The van der Waals surface area contributed by atoms with Crippen LogP contribution in [0.15, 0.2) is 88.5 Å². The van der Waals surface area contributed by atoms with Crippen molar-refractivity contribution in [3.05, 3.63) is 101 Å². The first-order valence-corrected chi connectivity index (χ1v) is 12.7.